The maximum Gasteiger partial charge on any atom is 0.435 e. The number of carbonyl (C=O) groups is 8. The first-order valence-corrected chi connectivity index (χ1v) is 39.3. The highest BCUT2D eigenvalue weighted by Gasteiger charge is 2.38. The number of aromatic nitrogens is 12. The van der Waals surface area contributed by atoms with Gasteiger partial charge in [0.05, 0.1) is 80.2 Å². The van der Waals surface area contributed by atoms with Crippen molar-refractivity contribution in [2.45, 2.75) is 39.2 Å². The average Bonchev–Trinajstić information content (AvgIpc) is 1.62. The Kier molecular flexibility index (Phi) is 32.4. The second kappa shape index (κ2) is 41.5. The summed E-state index contributed by atoms with van der Waals surface area (Å²) in [7, 11) is 4.27. The molecule has 0 aliphatic heterocycles. The maximum atomic E-state index is 13.4. The van der Waals surface area contributed by atoms with E-state index in [-0.39, 0.29) is 147 Å². The Hall–Kier alpha value is -10.6. The van der Waals surface area contributed by atoms with Crippen LogP contribution in [0.4, 0.5) is 49.1 Å². The minimum Gasteiger partial charge on any atom is -0.467 e. The first kappa shape index (κ1) is 95.3. The van der Waals surface area contributed by atoms with Crippen molar-refractivity contribution < 1.29 is 69.4 Å². The van der Waals surface area contributed by atoms with Gasteiger partial charge >= 0.3 is 12.4 Å². The molecular weight excluding hydrogens is 1930 g/mol. The summed E-state index contributed by atoms with van der Waals surface area (Å²) in [6.07, 6.45) is -3.78. The van der Waals surface area contributed by atoms with E-state index in [1.165, 1.54) is 140 Å². The van der Waals surface area contributed by atoms with Gasteiger partial charge in [0.2, 0.25) is 5.88 Å². The van der Waals surface area contributed by atoms with E-state index in [9.17, 15) is 64.7 Å². The van der Waals surface area contributed by atoms with Crippen molar-refractivity contribution in [1.29, 1.82) is 0 Å². The summed E-state index contributed by atoms with van der Waals surface area (Å²) < 4.78 is 87.0. The number of benzene rings is 4. The molecule has 0 fully saturated rings. The van der Waals surface area contributed by atoms with Crippen LogP contribution in [0.3, 0.4) is 0 Å². The molecule has 0 atom stereocenters. The second-order valence-corrected chi connectivity index (χ2v) is 30.3. The van der Waals surface area contributed by atoms with Gasteiger partial charge in [-0.25, -0.2) is 38.7 Å². The fraction of sp³-hybridized carbons (Fsp3) is 0.135. The molecule has 0 aliphatic carbocycles. The zero-order chi connectivity index (χ0) is 89.7. The fourth-order valence-electron chi connectivity index (χ4n) is 10.4. The van der Waals surface area contributed by atoms with Gasteiger partial charge < -0.3 is 47.3 Å². The number of nitrogens with one attached hydrogen (secondary N) is 8. The number of halogens is 19. The van der Waals surface area contributed by atoms with E-state index in [1.807, 2.05) is 0 Å². The summed E-state index contributed by atoms with van der Waals surface area (Å²) >= 11 is 76.3. The summed E-state index contributed by atoms with van der Waals surface area (Å²) in [6.45, 7) is 3.47. The zero-order valence-electron chi connectivity index (χ0n) is 62.4. The predicted molar refractivity (Wildman–Crippen MR) is 455 cm³/mol. The minimum atomic E-state index is -4.82. The molecule has 0 radical (unpaired) electrons. The maximum absolute atomic E-state index is 13.4. The molecule has 8 aromatic heterocycles. The fourth-order valence-corrected chi connectivity index (χ4v) is 13.7. The first-order valence-electron chi connectivity index (χ1n) is 33.9. The van der Waals surface area contributed by atoms with E-state index in [0.717, 1.165) is 10.7 Å². The lowest BCUT2D eigenvalue weighted by Gasteiger charge is -2.16. The predicted octanol–water partition coefficient (Wildman–Crippen LogP) is 19.2. The highest BCUT2D eigenvalue weighted by atomic mass is 79.9. The number of anilines is 4. The van der Waals surface area contributed by atoms with E-state index in [2.05, 4.69) is 104 Å². The van der Waals surface area contributed by atoms with Gasteiger partial charge in [-0.15, -0.1) is 5.10 Å². The molecule has 0 saturated heterocycles. The van der Waals surface area contributed by atoms with Crippen molar-refractivity contribution in [3.05, 3.63) is 267 Å². The molecule has 12 rings (SSSR count). The van der Waals surface area contributed by atoms with Crippen molar-refractivity contribution >= 4 is 225 Å². The molecule has 8 heterocycles. The van der Waals surface area contributed by atoms with E-state index in [4.69, 9.17) is 139 Å². The monoisotopic (exact) mass is 1980 g/mol. The lowest BCUT2D eigenvalue weighted by molar-refractivity contribution is -0.154. The molecule has 29 nitrogen and oxygen atoms in total. The number of amides is 8. The Morgan fingerprint density at radius 3 is 1.09 bits per heavy atom. The highest BCUT2D eigenvalue weighted by Crippen LogP contribution is 2.38. The van der Waals surface area contributed by atoms with Gasteiger partial charge in [0.25, 0.3) is 47.3 Å². The van der Waals surface area contributed by atoms with Gasteiger partial charge in [-0.2, -0.15) is 41.6 Å². The average molecular weight is 1990 g/mol. The molecule has 0 aliphatic rings. The smallest absolute Gasteiger partial charge is 0.435 e. The van der Waals surface area contributed by atoms with E-state index < -0.39 is 83.5 Å². The normalized spacial score (nSPS) is 11.0. The Morgan fingerprint density at radius 1 is 0.402 bits per heavy atom. The minimum absolute atomic E-state index is 0.0111. The molecule has 8 amide bonds. The number of nitrogens with zero attached hydrogens (tertiary/aromatic N) is 12. The molecule has 48 heteroatoms. The molecule has 636 valence electrons. The lowest BCUT2D eigenvalue weighted by Crippen LogP contribution is -2.31. The molecule has 8 N–H and O–H groups in total. The number of rotatable bonds is 19. The SMILES string of the molecule is CNC(=O)c1cc(Cl)cc(Cl)c1NC(=O)c1cc(Br)nn1-c1ncccc1Cl.CNC(=O)c1cc(Cl)cc(Cl)c1NC(=O)c1cc(Cl)nn1-c1ncccc1Cl.CNC(=O)c1cc(Cl)cc(Cl)c1NC(=O)c1cc(OCC(F)(F)F)nn1-c1ncccc1Cl.Cc1cc(Cl)cc(C(=O)NC(C)C)c1NC(=O)c1cc(C(F)(F)F)nn1-c1ncccc1Cl. The Balaban J connectivity index is 0.000000185. The van der Waals surface area contributed by atoms with Gasteiger partial charge in [0.1, 0.15) is 27.4 Å². The van der Waals surface area contributed by atoms with Gasteiger partial charge in [-0.1, -0.05) is 139 Å². The Labute approximate surface area is 753 Å². The third-order valence-electron chi connectivity index (χ3n) is 15.6. The van der Waals surface area contributed by atoms with Crippen LogP contribution in [0.5, 0.6) is 5.88 Å². The number of pyridine rings is 4. The number of alkyl halides is 6. The Bertz CT molecular complexity index is 5890. The third kappa shape index (κ3) is 24.0. The molecule has 4 aromatic carbocycles. The van der Waals surface area contributed by atoms with Crippen LogP contribution in [0, 0.1) is 6.92 Å². The van der Waals surface area contributed by atoms with Gasteiger partial charge in [0.15, 0.2) is 40.7 Å². The molecule has 0 unspecified atom stereocenters. The number of ether oxygens (including phenoxy) is 1. The Morgan fingerprint density at radius 2 is 0.730 bits per heavy atom. The van der Waals surface area contributed by atoms with Crippen LogP contribution >= 0.6 is 155 Å². The standard InChI is InChI=1S/C21H18Cl2F3N5O2.C19H13Cl3F3N5O3.C17H11BrCl3N5O2.C17H11Cl4N5O2/c1-10(2)28-19(32)13-8-12(22)7-11(3)17(13)29-20(33)15-9-16(21(24,25)26)30-31(15)18-14(23)5-4-6-27-18;1-26-17(31)10-5-9(20)6-12(22)15(10)28-18(32)13-7-14(33-8-19(23,24)25)29-30(13)16-11(21)3-2-4-27-16;1-22-16(27)9-5-8(19)6-11(21)14(9)24-17(28)12-7-13(18)25-26(12)15-10(20)3-2-4-23-15;1-22-16(27)9-5-8(18)6-11(20)14(9)24-17(28)12-7-13(21)25-26(12)15-10(19)3-2-4-23-15/h4-10H,1-3H3,(H,28,32)(H,29,33);2-7H,8H2,1H3,(H,26,31)(H,28,32);2*2-7H,1H3,(H,22,27)(H,24,28). The summed E-state index contributed by atoms with van der Waals surface area (Å²) in [5.74, 6) is -5.30. The van der Waals surface area contributed by atoms with Gasteiger partial charge in [-0.3, -0.25) is 38.4 Å². The van der Waals surface area contributed by atoms with Crippen LogP contribution in [0.25, 0.3) is 23.3 Å². The summed E-state index contributed by atoms with van der Waals surface area (Å²) in [5.41, 5.74) is -1.02. The molecule has 12 aromatic rings. The summed E-state index contributed by atoms with van der Waals surface area (Å²) in [6, 6.07) is 27.6. The molecule has 0 spiro atoms. The number of aryl methyl sites for hydroxylation is 1. The number of hydrogen-bond acceptors (Lipinski definition) is 17. The van der Waals surface area contributed by atoms with E-state index in [0.29, 0.717) is 25.9 Å². The van der Waals surface area contributed by atoms with Gasteiger partial charge in [0, 0.05) is 96.3 Å². The summed E-state index contributed by atoms with van der Waals surface area (Å²) in [5, 5.41) is 37.6. The van der Waals surface area contributed by atoms with Crippen LogP contribution in [0.15, 0.2) is 151 Å². The van der Waals surface area contributed by atoms with E-state index >= 15 is 0 Å². The van der Waals surface area contributed by atoms with Crippen molar-refractivity contribution in [2.24, 2.45) is 0 Å². The van der Waals surface area contributed by atoms with Crippen LogP contribution in [-0.4, -0.2) is 146 Å². The van der Waals surface area contributed by atoms with Crippen LogP contribution < -0.4 is 47.3 Å². The molecule has 122 heavy (non-hydrogen) atoms. The lowest BCUT2D eigenvalue weighted by atomic mass is 10.1. The second-order valence-electron chi connectivity index (χ2n) is 24.5. The number of carbonyl (C=O) groups excluding carboxylic acids is 8. The van der Waals surface area contributed by atoms with Crippen molar-refractivity contribution in [3.8, 4) is 29.2 Å². The topological polar surface area (TPSA) is 365 Å². The van der Waals surface area contributed by atoms with Gasteiger partial charge in [-0.05, 0) is 139 Å². The quantitative estimate of drug-likeness (QED) is 0.0349. The van der Waals surface area contributed by atoms with Crippen LogP contribution in [-0.2, 0) is 6.18 Å². The molecule has 0 saturated carbocycles. The van der Waals surface area contributed by atoms with Crippen LogP contribution in [0.2, 0.25) is 60.4 Å². The van der Waals surface area contributed by atoms with Crippen molar-refractivity contribution in [2.75, 3.05) is 49.0 Å². The largest absolute Gasteiger partial charge is 0.467 e. The van der Waals surface area contributed by atoms with E-state index in [1.54, 1.807) is 45.0 Å². The van der Waals surface area contributed by atoms with Crippen molar-refractivity contribution in [1.82, 2.24) is 80.3 Å². The zero-order valence-corrected chi connectivity index (χ0v) is 73.0. The molecular formula is C74H53BrCl12F6N20O9. The highest BCUT2D eigenvalue weighted by molar-refractivity contribution is 9.10. The van der Waals surface area contributed by atoms with Crippen LogP contribution in [0.1, 0.15) is 108 Å². The molecule has 0 bridgehead atoms. The first-order chi connectivity index (χ1) is 57.5. The van der Waals surface area contributed by atoms with Crippen molar-refractivity contribution in [3.63, 3.8) is 0 Å². The summed E-state index contributed by atoms with van der Waals surface area (Å²) in [4.78, 5) is 117. The number of hydrogen-bond donors (Lipinski definition) is 8. The third-order valence-corrected chi connectivity index (χ3v) is 19.1.